The fourth-order valence-corrected chi connectivity index (χ4v) is 4.91. The Morgan fingerprint density at radius 3 is 2.58 bits per heavy atom. The van der Waals surface area contributed by atoms with Crippen LogP contribution in [0.5, 0.6) is 0 Å². The summed E-state index contributed by atoms with van der Waals surface area (Å²) in [6.45, 7) is 6.95. The molecule has 2 aromatic carbocycles. The number of fused-ring (bicyclic) bond motifs is 3. The van der Waals surface area contributed by atoms with Crippen molar-refractivity contribution in [3.63, 3.8) is 0 Å². The standard InChI is InChI=1S/C21H25NO2/c1-20(2)15-11-12-21(20,3)18(13-15)24-19(23)22-17-10-6-8-14-7-4-5-9-16(14)17/h4-10,15,18H,11-13H2,1-3H3,(H,22,23). The highest BCUT2D eigenvalue weighted by Gasteiger charge is 2.62. The van der Waals surface area contributed by atoms with E-state index in [9.17, 15) is 4.79 Å². The van der Waals surface area contributed by atoms with Crippen molar-refractivity contribution in [1.82, 2.24) is 0 Å². The minimum atomic E-state index is -0.332. The monoisotopic (exact) mass is 323 g/mol. The number of anilines is 1. The van der Waals surface area contributed by atoms with Gasteiger partial charge < -0.3 is 4.74 Å². The molecule has 2 bridgehead atoms. The summed E-state index contributed by atoms with van der Waals surface area (Å²) >= 11 is 0. The Hall–Kier alpha value is -2.03. The molecule has 0 saturated heterocycles. The summed E-state index contributed by atoms with van der Waals surface area (Å²) in [5, 5.41) is 5.11. The molecule has 4 rings (SSSR count). The lowest BCUT2D eigenvalue weighted by molar-refractivity contribution is 0.00149. The van der Waals surface area contributed by atoms with Crippen LogP contribution in [0.4, 0.5) is 10.5 Å². The van der Waals surface area contributed by atoms with Gasteiger partial charge in [-0.25, -0.2) is 4.79 Å². The van der Waals surface area contributed by atoms with E-state index in [2.05, 4.69) is 26.1 Å². The van der Waals surface area contributed by atoms with E-state index >= 15 is 0 Å². The first-order valence-corrected chi connectivity index (χ1v) is 8.87. The molecule has 3 nitrogen and oxygen atoms in total. The highest BCUT2D eigenvalue weighted by Crippen LogP contribution is 2.66. The molecule has 0 spiro atoms. The Labute approximate surface area is 143 Å². The van der Waals surface area contributed by atoms with Crippen LogP contribution in [-0.2, 0) is 4.74 Å². The predicted octanol–water partition coefficient (Wildman–Crippen LogP) is 5.60. The van der Waals surface area contributed by atoms with Gasteiger partial charge in [0.1, 0.15) is 6.10 Å². The van der Waals surface area contributed by atoms with Crippen molar-refractivity contribution < 1.29 is 9.53 Å². The van der Waals surface area contributed by atoms with Crippen LogP contribution < -0.4 is 5.32 Å². The van der Waals surface area contributed by atoms with Gasteiger partial charge in [0.05, 0.1) is 5.69 Å². The van der Waals surface area contributed by atoms with Gasteiger partial charge >= 0.3 is 6.09 Å². The second kappa shape index (κ2) is 5.23. The molecule has 0 aromatic heterocycles. The molecule has 2 aromatic rings. The number of hydrogen-bond donors (Lipinski definition) is 1. The molecule has 0 aliphatic heterocycles. The van der Waals surface area contributed by atoms with Gasteiger partial charge in [0.2, 0.25) is 0 Å². The zero-order valence-corrected chi connectivity index (χ0v) is 14.6. The summed E-state index contributed by atoms with van der Waals surface area (Å²) in [6.07, 6.45) is 3.08. The van der Waals surface area contributed by atoms with E-state index in [0.29, 0.717) is 5.92 Å². The van der Waals surface area contributed by atoms with Crippen LogP contribution in [0.15, 0.2) is 42.5 Å². The van der Waals surface area contributed by atoms with E-state index in [4.69, 9.17) is 4.74 Å². The quantitative estimate of drug-likeness (QED) is 0.781. The maximum atomic E-state index is 12.5. The first-order chi connectivity index (χ1) is 11.4. The minimum Gasteiger partial charge on any atom is -0.445 e. The van der Waals surface area contributed by atoms with E-state index in [0.717, 1.165) is 29.3 Å². The van der Waals surface area contributed by atoms with Crippen molar-refractivity contribution in [2.45, 2.75) is 46.1 Å². The van der Waals surface area contributed by atoms with Crippen molar-refractivity contribution in [2.24, 2.45) is 16.7 Å². The topological polar surface area (TPSA) is 38.3 Å². The first-order valence-electron chi connectivity index (χ1n) is 8.87. The molecular weight excluding hydrogens is 298 g/mol. The number of hydrogen-bond acceptors (Lipinski definition) is 2. The van der Waals surface area contributed by atoms with E-state index in [1.165, 1.54) is 6.42 Å². The molecule has 2 fully saturated rings. The average Bonchev–Trinajstić information content (AvgIpc) is 2.88. The third-order valence-corrected chi connectivity index (χ3v) is 6.99. The summed E-state index contributed by atoms with van der Waals surface area (Å²) in [7, 11) is 0. The normalized spacial score (nSPS) is 30.5. The van der Waals surface area contributed by atoms with Gasteiger partial charge in [0.25, 0.3) is 0 Å². The number of amides is 1. The molecule has 126 valence electrons. The number of carbonyl (C=O) groups excluding carboxylic acids is 1. The minimum absolute atomic E-state index is 0.0150. The molecule has 3 atom stereocenters. The van der Waals surface area contributed by atoms with Crippen LogP contribution in [-0.4, -0.2) is 12.2 Å². The van der Waals surface area contributed by atoms with Crippen molar-refractivity contribution in [3.05, 3.63) is 42.5 Å². The van der Waals surface area contributed by atoms with E-state index in [1.807, 2.05) is 42.5 Å². The smallest absolute Gasteiger partial charge is 0.411 e. The maximum Gasteiger partial charge on any atom is 0.411 e. The van der Waals surface area contributed by atoms with Crippen LogP contribution in [0.1, 0.15) is 40.0 Å². The summed E-state index contributed by atoms with van der Waals surface area (Å²) in [5.74, 6) is 0.665. The van der Waals surface area contributed by atoms with Crippen molar-refractivity contribution in [1.29, 1.82) is 0 Å². The van der Waals surface area contributed by atoms with Crippen LogP contribution >= 0.6 is 0 Å². The highest BCUT2D eigenvalue weighted by atomic mass is 16.6. The Morgan fingerprint density at radius 2 is 1.88 bits per heavy atom. The maximum absolute atomic E-state index is 12.5. The number of carbonyl (C=O) groups is 1. The third kappa shape index (κ3) is 2.14. The lowest BCUT2D eigenvalue weighted by Gasteiger charge is -2.38. The molecule has 1 amide bonds. The molecule has 3 unspecified atom stereocenters. The van der Waals surface area contributed by atoms with Crippen molar-refractivity contribution in [2.75, 3.05) is 5.32 Å². The molecule has 24 heavy (non-hydrogen) atoms. The van der Waals surface area contributed by atoms with Crippen LogP contribution in [0, 0.1) is 16.7 Å². The molecular formula is C21H25NO2. The molecule has 2 aliphatic carbocycles. The van der Waals surface area contributed by atoms with Gasteiger partial charge in [-0.3, -0.25) is 5.32 Å². The summed E-state index contributed by atoms with van der Waals surface area (Å²) in [6, 6.07) is 14.0. The highest BCUT2D eigenvalue weighted by molar-refractivity contribution is 6.00. The molecule has 3 heteroatoms. The fourth-order valence-electron chi connectivity index (χ4n) is 4.91. The zero-order chi connectivity index (χ0) is 16.9. The summed E-state index contributed by atoms with van der Waals surface area (Å²) in [5.41, 5.74) is 1.15. The van der Waals surface area contributed by atoms with Gasteiger partial charge in [-0.2, -0.15) is 0 Å². The molecule has 0 radical (unpaired) electrons. The zero-order valence-electron chi connectivity index (χ0n) is 14.6. The Bertz CT molecular complexity index is 792. The molecule has 1 N–H and O–H groups in total. The van der Waals surface area contributed by atoms with Gasteiger partial charge in [0, 0.05) is 10.8 Å². The van der Waals surface area contributed by atoms with Gasteiger partial charge in [-0.05, 0) is 42.0 Å². The van der Waals surface area contributed by atoms with Crippen LogP contribution in [0.2, 0.25) is 0 Å². The predicted molar refractivity (Wildman–Crippen MR) is 97.1 cm³/mol. The number of nitrogens with one attached hydrogen (secondary N) is 1. The number of benzene rings is 2. The fraction of sp³-hybridized carbons (Fsp3) is 0.476. The number of ether oxygens (including phenoxy) is 1. The number of rotatable bonds is 2. The Kier molecular flexibility index (Phi) is 3.38. The average molecular weight is 323 g/mol. The van der Waals surface area contributed by atoms with E-state index in [-0.39, 0.29) is 23.0 Å². The van der Waals surface area contributed by atoms with Gasteiger partial charge in [-0.1, -0.05) is 57.2 Å². The molecule has 2 saturated carbocycles. The van der Waals surface area contributed by atoms with Gasteiger partial charge in [0.15, 0.2) is 0 Å². The summed E-state index contributed by atoms with van der Waals surface area (Å²) in [4.78, 5) is 12.5. The lowest BCUT2D eigenvalue weighted by atomic mass is 9.70. The van der Waals surface area contributed by atoms with Crippen molar-refractivity contribution in [3.8, 4) is 0 Å². The Morgan fingerprint density at radius 1 is 1.12 bits per heavy atom. The molecule has 2 aliphatic rings. The SMILES string of the molecule is CC1(C)C2CCC1(C)C(OC(=O)Nc1cccc3ccccc13)C2. The lowest BCUT2D eigenvalue weighted by Crippen LogP contribution is -2.39. The summed E-state index contributed by atoms with van der Waals surface area (Å²) < 4.78 is 5.89. The first kappa shape index (κ1) is 15.5. The van der Waals surface area contributed by atoms with Crippen molar-refractivity contribution >= 4 is 22.6 Å². The second-order valence-corrected chi connectivity index (χ2v) is 8.16. The third-order valence-electron chi connectivity index (χ3n) is 6.99. The van der Waals surface area contributed by atoms with E-state index in [1.54, 1.807) is 0 Å². The van der Waals surface area contributed by atoms with Crippen LogP contribution in [0.3, 0.4) is 0 Å². The van der Waals surface area contributed by atoms with Gasteiger partial charge in [-0.15, -0.1) is 0 Å². The Balaban J connectivity index is 1.52. The van der Waals surface area contributed by atoms with Crippen LogP contribution in [0.25, 0.3) is 10.8 Å². The van der Waals surface area contributed by atoms with E-state index < -0.39 is 0 Å². The molecule has 0 heterocycles. The second-order valence-electron chi connectivity index (χ2n) is 8.16. The largest absolute Gasteiger partial charge is 0.445 e.